The minimum absolute atomic E-state index is 0.0718. The Labute approximate surface area is 185 Å². The molecule has 1 aromatic rings. The number of fused-ring (bicyclic) bond motifs is 1. The average Bonchev–Trinajstić information content (AvgIpc) is 3.31. The molecule has 1 aliphatic heterocycles. The maximum atomic E-state index is 14.5. The Bertz CT molecular complexity index is 940. The van der Waals surface area contributed by atoms with E-state index in [0.717, 1.165) is 0 Å². The first-order chi connectivity index (χ1) is 15.0. The number of hydrogen-bond acceptors (Lipinski definition) is 5. The number of aliphatic hydroxyl groups is 1. The van der Waals surface area contributed by atoms with E-state index in [-0.39, 0.29) is 56.2 Å². The topological polar surface area (TPSA) is 104 Å². The van der Waals surface area contributed by atoms with Gasteiger partial charge < -0.3 is 20.1 Å². The number of halogens is 2. The van der Waals surface area contributed by atoms with E-state index in [0.29, 0.717) is 29.5 Å². The molecule has 1 saturated carbocycles. The van der Waals surface area contributed by atoms with Crippen LogP contribution in [0.2, 0.25) is 0 Å². The number of nitrogens with zero attached hydrogens (tertiary/aromatic N) is 1. The number of carbonyl (C=O) groups is 4. The van der Waals surface area contributed by atoms with Gasteiger partial charge in [0.25, 0.3) is 11.8 Å². The fourth-order valence-corrected chi connectivity index (χ4v) is 4.46. The van der Waals surface area contributed by atoms with Gasteiger partial charge in [-0.3, -0.25) is 14.4 Å². The highest BCUT2D eigenvalue weighted by Crippen LogP contribution is 2.42. The van der Waals surface area contributed by atoms with Gasteiger partial charge in [0.05, 0.1) is 6.04 Å². The van der Waals surface area contributed by atoms with Crippen LogP contribution in [0, 0.1) is 0 Å². The van der Waals surface area contributed by atoms with Crippen LogP contribution in [0.4, 0.5) is 8.78 Å². The second kappa shape index (κ2) is 9.05. The molecule has 2 aliphatic rings. The van der Waals surface area contributed by atoms with Crippen LogP contribution < -0.4 is 5.32 Å². The standard InChI is InChI=1S/C23H28F2N2O5/c1-14(28)5-8-19(15(2)29)27-13-17-11-16(6-7-18(17)20(27)30)12-26-21(31)23(24,25)22(32)9-3-4-10-22/h6-7,11,19,32H,3-5,8-10,12-13H2,1-2H3,(H,26,31). The predicted molar refractivity (Wildman–Crippen MR) is 111 cm³/mol. The molecule has 0 radical (unpaired) electrons. The van der Waals surface area contributed by atoms with Crippen molar-refractivity contribution >= 4 is 23.4 Å². The molecule has 1 aliphatic carbocycles. The van der Waals surface area contributed by atoms with E-state index in [1.807, 2.05) is 0 Å². The average molecular weight is 450 g/mol. The molecule has 1 atom stereocenters. The third-order valence-corrected chi connectivity index (χ3v) is 6.37. The number of ketones is 2. The molecule has 3 rings (SSSR count). The largest absolute Gasteiger partial charge is 0.383 e. The number of alkyl halides is 2. The smallest absolute Gasteiger partial charge is 0.352 e. The van der Waals surface area contributed by atoms with E-state index >= 15 is 0 Å². The molecule has 0 aromatic heterocycles. The fraction of sp³-hybridized carbons (Fsp3) is 0.565. The number of benzene rings is 1. The Balaban J connectivity index is 1.68. The molecule has 9 heteroatoms. The lowest BCUT2D eigenvalue weighted by molar-refractivity contribution is -0.191. The van der Waals surface area contributed by atoms with E-state index in [9.17, 15) is 33.1 Å². The molecule has 1 fully saturated rings. The van der Waals surface area contributed by atoms with Gasteiger partial charge in [-0.25, -0.2) is 0 Å². The third-order valence-electron chi connectivity index (χ3n) is 6.37. The summed E-state index contributed by atoms with van der Waals surface area (Å²) in [6.45, 7) is 2.77. The van der Waals surface area contributed by atoms with Gasteiger partial charge in [-0.1, -0.05) is 25.0 Å². The predicted octanol–water partition coefficient (Wildman–Crippen LogP) is 2.53. The molecule has 32 heavy (non-hydrogen) atoms. The molecule has 0 spiro atoms. The summed E-state index contributed by atoms with van der Waals surface area (Å²) >= 11 is 0. The van der Waals surface area contributed by atoms with Crippen LogP contribution in [0.15, 0.2) is 18.2 Å². The van der Waals surface area contributed by atoms with Crippen molar-refractivity contribution in [2.45, 2.75) is 83.0 Å². The molecule has 0 bridgehead atoms. The molecule has 0 saturated heterocycles. The van der Waals surface area contributed by atoms with Crippen molar-refractivity contribution in [2.24, 2.45) is 0 Å². The lowest BCUT2D eigenvalue weighted by atomic mass is 9.93. The van der Waals surface area contributed by atoms with E-state index in [4.69, 9.17) is 0 Å². The molecular formula is C23H28F2N2O5. The lowest BCUT2D eigenvalue weighted by Gasteiger charge is -2.30. The number of nitrogens with one attached hydrogen (secondary N) is 1. The highest BCUT2D eigenvalue weighted by Gasteiger charge is 2.59. The van der Waals surface area contributed by atoms with Gasteiger partial charge in [0, 0.05) is 25.1 Å². The molecule has 1 aromatic carbocycles. The van der Waals surface area contributed by atoms with Crippen LogP contribution in [-0.2, 0) is 27.5 Å². The summed E-state index contributed by atoms with van der Waals surface area (Å²) in [6.07, 6.45) is 1.08. The van der Waals surface area contributed by atoms with Gasteiger partial charge in [-0.15, -0.1) is 0 Å². The summed E-state index contributed by atoms with van der Waals surface area (Å²) in [5.41, 5.74) is -0.774. The minimum Gasteiger partial charge on any atom is -0.383 e. The monoisotopic (exact) mass is 450 g/mol. The van der Waals surface area contributed by atoms with Crippen LogP contribution in [-0.4, -0.2) is 51.0 Å². The maximum absolute atomic E-state index is 14.5. The highest BCUT2D eigenvalue weighted by atomic mass is 19.3. The number of hydrogen-bond donors (Lipinski definition) is 2. The van der Waals surface area contributed by atoms with E-state index < -0.39 is 23.5 Å². The quantitative estimate of drug-likeness (QED) is 0.602. The van der Waals surface area contributed by atoms with Crippen molar-refractivity contribution < 1.29 is 33.1 Å². The summed E-state index contributed by atoms with van der Waals surface area (Å²) in [7, 11) is 0. The SMILES string of the molecule is CC(=O)CCC(C(C)=O)N1Cc2cc(CNC(=O)C(F)(F)C3(O)CCCC3)ccc2C1=O. The Morgan fingerprint density at radius 2 is 1.88 bits per heavy atom. The lowest BCUT2D eigenvalue weighted by Crippen LogP contribution is -2.55. The second-order valence-electron chi connectivity index (χ2n) is 8.79. The van der Waals surface area contributed by atoms with Crippen molar-refractivity contribution in [3.63, 3.8) is 0 Å². The molecule has 7 nitrogen and oxygen atoms in total. The van der Waals surface area contributed by atoms with E-state index in [2.05, 4.69) is 5.32 Å². The van der Waals surface area contributed by atoms with Crippen molar-refractivity contribution in [1.29, 1.82) is 0 Å². The van der Waals surface area contributed by atoms with Gasteiger partial charge in [-0.2, -0.15) is 8.78 Å². The minimum atomic E-state index is -3.89. The van der Waals surface area contributed by atoms with Gasteiger partial charge in [-0.05, 0) is 50.3 Å². The van der Waals surface area contributed by atoms with Crippen molar-refractivity contribution in [3.8, 4) is 0 Å². The number of carbonyl (C=O) groups excluding carboxylic acids is 4. The Hall–Kier alpha value is -2.68. The Kier molecular flexibility index (Phi) is 6.78. The van der Waals surface area contributed by atoms with Gasteiger partial charge in [0.15, 0.2) is 5.78 Å². The van der Waals surface area contributed by atoms with Crippen molar-refractivity contribution in [1.82, 2.24) is 10.2 Å². The first kappa shape index (κ1) is 24.0. The number of rotatable bonds is 9. The normalized spacial score (nSPS) is 18.4. The molecular weight excluding hydrogens is 422 g/mol. The zero-order chi connectivity index (χ0) is 23.7. The third kappa shape index (κ3) is 4.57. The molecule has 1 unspecified atom stereocenters. The van der Waals surface area contributed by atoms with Crippen LogP contribution in [0.3, 0.4) is 0 Å². The van der Waals surface area contributed by atoms with Gasteiger partial charge in [0.2, 0.25) is 0 Å². The summed E-state index contributed by atoms with van der Waals surface area (Å²) in [6, 6.07) is 4.02. The fourth-order valence-electron chi connectivity index (χ4n) is 4.46. The van der Waals surface area contributed by atoms with Gasteiger partial charge in [0.1, 0.15) is 11.4 Å². The number of amides is 2. The molecule has 2 N–H and O–H groups in total. The second-order valence-corrected chi connectivity index (χ2v) is 8.79. The van der Waals surface area contributed by atoms with Gasteiger partial charge >= 0.3 is 5.92 Å². The highest BCUT2D eigenvalue weighted by molar-refractivity contribution is 6.01. The van der Waals surface area contributed by atoms with Crippen molar-refractivity contribution in [3.05, 3.63) is 34.9 Å². The zero-order valence-electron chi connectivity index (χ0n) is 18.2. The summed E-state index contributed by atoms with van der Waals surface area (Å²) < 4.78 is 28.9. The molecule has 1 heterocycles. The summed E-state index contributed by atoms with van der Waals surface area (Å²) in [5.74, 6) is -6.03. The van der Waals surface area contributed by atoms with Crippen molar-refractivity contribution in [2.75, 3.05) is 0 Å². The maximum Gasteiger partial charge on any atom is 0.352 e. The van der Waals surface area contributed by atoms with E-state index in [1.165, 1.54) is 18.7 Å². The van der Waals surface area contributed by atoms with Crippen LogP contribution in [0.1, 0.15) is 73.9 Å². The zero-order valence-corrected chi connectivity index (χ0v) is 18.2. The van der Waals surface area contributed by atoms with Crippen LogP contribution in [0.25, 0.3) is 0 Å². The first-order valence-corrected chi connectivity index (χ1v) is 10.8. The number of Topliss-reactive ketones (excluding diaryl/α,β-unsaturated/α-hetero) is 2. The summed E-state index contributed by atoms with van der Waals surface area (Å²) in [5, 5.41) is 12.3. The molecule has 2 amide bonds. The summed E-state index contributed by atoms with van der Waals surface area (Å²) in [4.78, 5) is 49.7. The first-order valence-electron chi connectivity index (χ1n) is 10.8. The van der Waals surface area contributed by atoms with E-state index in [1.54, 1.807) is 18.2 Å². The molecule has 174 valence electrons. The van der Waals surface area contributed by atoms with Crippen LogP contribution in [0.5, 0.6) is 0 Å². The Morgan fingerprint density at radius 3 is 2.47 bits per heavy atom. The Morgan fingerprint density at radius 1 is 1.22 bits per heavy atom. The van der Waals surface area contributed by atoms with Crippen LogP contribution >= 0.6 is 0 Å².